The largest absolute Gasteiger partial charge is 0.381 e. The molecule has 0 amide bonds. The first-order valence-corrected chi connectivity index (χ1v) is 5.90. The second-order valence-electron chi connectivity index (χ2n) is 3.95. The molecule has 1 heterocycles. The molecule has 1 fully saturated rings. The van der Waals surface area contributed by atoms with E-state index in [0.717, 1.165) is 51.9 Å². The maximum Gasteiger partial charge on any atom is 0.0591 e. The van der Waals surface area contributed by atoms with Crippen LogP contribution in [-0.4, -0.2) is 39.5 Å². The first-order chi connectivity index (χ1) is 7.43. The fourth-order valence-electron chi connectivity index (χ4n) is 1.67. The van der Waals surface area contributed by atoms with Crippen LogP contribution in [0.15, 0.2) is 12.7 Å². The highest BCUT2D eigenvalue weighted by Crippen LogP contribution is 2.12. The Morgan fingerprint density at radius 2 is 2.13 bits per heavy atom. The molecule has 1 aliphatic rings. The van der Waals surface area contributed by atoms with Crippen LogP contribution in [0.1, 0.15) is 19.3 Å². The number of nitrogens with one attached hydrogen (secondary N) is 1. The van der Waals surface area contributed by atoms with E-state index < -0.39 is 0 Å². The van der Waals surface area contributed by atoms with Crippen molar-refractivity contribution < 1.29 is 9.47 Å². The summed E-state index contributed by atoms with van der Waals surface area (Å²) in [6, 6.07) is 0. The van der Waals surface area contributed by atoms with Gasteiger partial charge >= 0.3 is 0 Å². The van der Waals surface area contributed by atoms with Gasteiger partial charge < -0.3 is 14.8 Å². The summed E-state index contributed by atoms with van der Waals surface area (Å²) in [6.45, 7) is 9.17. The second kappa shape index (κ2) is 8.89. The maximum absolute atomic E-state index is 5.41. The predicted octanol–water partition coefficient (Wildman–Crippen LogP) is 1.60. The predicted molar refractivity (Wildman–Crippen MR) is 62.0 cm³/mol. The third-order valence-electron chi connectivity index (χ3n) is 2.66. The normalized spacial score (nSPS) is 17.9. The molecule has 1 saturated heterocycles. The molecule has 0 aromatic rings. The molecule has 88 valence electrons. The van der Waals surface area contributed by atoms with E-state index in [4.69, 9.17) is 9.47 Å². The van der Waals surface area contributed by atoms with Gasteiger partial charge in [-0.15, -0.1) is 6.58 Å². The Balaban J connectivity index is 1.81. The third-order valence-corrected chi connectivity index (χ3v) is 2.66. The van der Waals surface area contributed by atoms with Crippen molar-refractivity contribution in [3.05, 3.63) is 12.7 Å². The zero-order valence-corrected chi connectivity index (χ0v) is 9.54. The molecule has 0 atom stereocenters. The maximum atomic E-state index is 5.41. The van der Waals surface area contributed by atoms with E-state index >= 15 is 0 Å². The summed E-state index contributed by atoms with van der Waals surface area (Å²) >= 11 is 0. The molecule has 0 aliphatic carbocycles. The number of rotatable bonds is 8. The first-order valence-electron chi connectivity index (χ1n) is 5.90. The molecule has 0 saturated carbocycles. The fraction of sp³-hybridized carbons (Fsp3) is 0.833. The highest BCUT2D eigenvalue weighted by atomic mass is 16.5. The Morgan fingerprint density at radius 3 is 2.87 bits per heavy atom. The van der Waals surface area contributed by atoms with E-state index in [1.807, 2.05) is 6.08 Å². The summed E-state index contributed by atoms with van der Waals surface area (Å²) in [5, 5.41) is 3.43. The van der Waals surface area contributed by atoms with Crippen LogP contribution in [0.2, 0.25) is 0 Å². The minimum atomic E-state index is 0.794. The molecule has 1 rings (SSSR count). The molecular formula is C12H23NO2. The van der Waals surface area contributed by atoms with Gasteiger partial charge in [0.2, 0.25) is 0 Å². The van der Waals surface area contributed by atoms with Crippen molar-refractivity contribution in [3.63, 3.8) is 0 Å². The van der Waals surface area contributed by atoms with E-state index in [2.05, 4.69) is 11.9 Å². The smallest absolute Gasteiger partial charge is 0.0591 e. The van der Waals surface area contributed by atoms with Gasteiger partial charge in [0.1, 0.15) is 0 Å². The van der Waals surface area contributed by atoms with Gasteiger partial charge in [0.25, 0.3) is 0 Å². The van der Waals surface area contributed by atoms with Crippen LogP contribution in [0.25, 0.3) is 0 Å². The van der Waals surface area contributed by atoms with Gasteiger partial charge in [-0.25, -0.2) is 0 Å². The van der Waals surface area contributed by atoms with Crippen molar-refractivity contribution >= 4 is 0 Å². The van der Waals surface area contributed by atoms with Gasteiger partial charge in [-0.05, 0) is 31.7 Å². The highest BCUT2D eigenvalue weighted by Gasteiger charge is 2.12. The molecule has 0 unspecified atom stereocenters. The summed E-state index contributed by atoms with van der Waals surface area (Å²) in [5.41, 5.74) is 0. The number of hydrogen-bond acceptors (Lipinski definition) is 3. The monoisotopic (exact) mass is 213 g/mol. The lowest BCUT2D eigenvalue weighted by atomic mass is 10.0. The Morgan fingerprint density at radius 1 is 1.33 bits per heavy atom. The Labute approximate surface area is 92.8 Å². The first kappa shape index (κ1) is 12.7. The van der Waals surface area contributed by atoms with Crippen molar-refractivity contribution in [3.8, 4) is 0 Å². The molecule has 0 aromatic carbocycles. The summed E-state index contributed by atoms with van der Waals surface area (Å²) in [6.07, 6.45) is 5.23. The van der Waals surface area contributed by atoms with E-state index in [1.165, 1.54) is 12.8 Å². The Kier molecular flexibility index (Phi) is 7.52. The van der Waals surface area contributed by atoms with E-state index in [9.17, 15) is 0 Å². The number of hydrogen-bond donors (Lipinski definition) is 1. The zero-order valence-electron chi connectivity index (χ0n) is 9.54. The molecule has 0 spiro atoms. The molecular weight excluding hydrogens is 190 g/mol. The fourth-order valence-corrected chi connectivity index (χ4v) is 1.67. The van der Waals surface area contributed by atoms with Crippen molar-refractivity contribution in [2.24, 2.45) is 5.92 Å². The molecule has 3 nitrogen and oxygen atoms in total. The van der Waals surface area contributed by atoms with E-state index in [0.29, 0.717) is 0 Å². The van der Waals surface area contributed by atoms with Gasteiger partial charge in [-0.1, -0.05) is 6.08 Å². The summed E-state index contributed by atoms with van der Waals surface area (Å²) < 4.78 is 10.7. The van der Waals surface area contributed by atoms with Gasteiger partial charge in [-0.2, -0.15) is 0 Å². The average molecular weight is 213 g/mol. The Bertz CT molecular complexity index is 156. The van der Waals surface area contributed by atoms with E-state index in [1.54, 1.807) is 0 Å². The molecule has 1 N–H and O–H groups in total. The van der Waals surface area contributed by atoms with Crippen LogP contribution in [0.5, 0.6) is 0 Å². The van der Waals surface area contributed by atoms with Crippen LogP contribution in [0.3, 0.4) is 0 Å². The quantitative estimate of drug-likeness (QED) is 0.490. The average Bonchev–Trinajstić information content (AvgIpc) is 2.29. The minimum Gasteiger partial charge on any atom is -0.381 e. The van der Waals surface area contributed by atoms with Gasteiger partial charge in [0.05, 0.1) is 13.2 Å². The lowest BCUT2D eigenvalue weighted by Crippen LogP contribution is -2.30. The van der Waals surface area contributed by atoms with Crippen LogP contribution in [-0.2, 0) is 9.47 Å². The summed E-state index contributed by atoms with van der Waals surface area (Å²) in [4.78, 5) is 0. The lowest BCUT2D eigenvalue weighted by Gasteiger charge is -2.22. The van der Waals surface area contributed by atoms with Gasteiger partial charge in [0, 0.05) is 19.8 Å². The van der Waals surface area contributed by atoms with E-state index in [-0.39, 0.29) is 0 Å². The molecule has 3 heteroatoms. The highest BCUT2D eigenvalue weighted by molar-refractivity contribution is 4.66. The number of ether oxygens (including phenoxy) is 2. The van der Waals surface area contributed by atoms with Crippen molar-refractivity contribution in [1.82, 2.24) is 5.32 Å². The molecule has 15 heavy (non-hydrogen) atoms. The molecule has 0 bridgehead atoms. The zero-order chi connectivity index (χ0) is 10.8. The van der Waals surface area contributed by atoms with Crippen LogP contribution >= 0.6 is 0 Å². The van der Waals surface area contributed by atoms with Crippen molar-refractivity contribution in [2.45, 2.75) is 19.3 Å². The van der Waals surface area contributed by atoms with Crippen LogP contribution < -0.4 is 5.32 Å². The van der Waals surface area contributed by atoms with Gasteiger partial charge in [0.15, 0.2) is 0 Å². The summed E-state index contributed by atoms with van der Waals surface area (Å²) in [5.74, 6) is 0.798. The van der Waals surface area contributed by atoms with Crippen molar-refractivity contribution in [2.75, 3.05) is 39.5 Å². The topological polar surface area (TPSA) is 30.5 Å². The third kappa shape index (κ3) is 6.66. The van der Waals surface area contributed by atoms with Crippen LogP contribution in [0, 0.1) is 5.92 Å². The standard InChI is InChI=1S/C12H23NO2/c1-2-3-7-14-10-6-13-11-12-4-8-15-9-5-12/h2,12-13H,1,3-11H2. The SMILES string of the molecule is C=CCCOCCNCC1CCOCC1. The summed E-state index contributed by atoms with van der Waals surface area (Å²) in [7, 11) is 0. The molecule has 0 radical (unpaired) electrons. The van der Waals surface area contributed by atoms with Gasteiger partial charge in [-0.3, -0.25) is 0 Å². The lowest BCUT2D eigenvalue weighted by molar-refractivity contribution is 0.0652. The second-order valence-corrected chi connectivity index (χ2v) is 3.95. The minimum absolute atomic E-state index is 0.794. The Hall–Kier alpha value is -0.380. The molecule has 0 aromatic heterocycles. The van der Waals surface area contributed by atoms with Crippen molar-refractivity contribution in [1.29, 1.82) is 0 Å². The molecule has 1 aliphatic heterocycles. The van der Waals surface area contributed by atoms with Crippen LogP contribution in [0.4, 0.5) is 0 Å².